The molecule has 1 aromatic heterocycles. The molecule has 2 aromatic rings. The summed E-state index contributed by atoms with van der Waals surface area (Å²) >= 11 is 1.75. The molecule has 0 atom stereocenters. The molecule has 0 radical (unpaired) electrons. The lowest BCUT2D eigenvalue weighted by Gasteiger charge is -2.36. The maximum Gasteiger partial charge on any atom is 0.123 e. The first-order chi connectivity index (χ1) is 11.7. The van der Waals surface area contributed by atoms with Gasteiger partial charge in [-0.25, -0.2) is 4.39 Å². The number of benzene rings is 1. The smallest absolute Gasteiger partial charge is 0.123 e. The van der Waals surface area contributed by atoms with E-state index in [9.17, 15) is 9.50 Å². The van der Waals surface area contributed by atoms with Gasteiger partial charge < -0.3 is 10.0 Å². The van der Waals surface area contributed by atoms with Gasteiger partial charge in [0.25, 0.3) is 0 Å². The number of hydrogen-bond acceptors (Lipinski definition) is 4. The van der Waals surface area contributed by atoms with Crippen molar-refractivity contribution in [3.8, 4) is 10.4 Å². The van der Waals surface area contributed by atoms with Crippen molar-refractivity contribution in [1.82, 2.24) is 9.80 Å². The third kappa shape index (κ3) is 4.42. The second kappa shape index (κ2) is 8.21. The van der Waals surface area contributed by atoms with Gasteiger partial charge in [-0.3, -0.25) is 4.90 Å². The van der Waals surface area contributed by atoms with Gasteiger partial charge in [-0.2, -0.15) is 0 Å². The fourth-order valence-electron chi connectivity index (χ4n) is 3.31. The molecule has 130 valence electrons. The van der Waals surface area contributed by atoms with Gasteiger partial charge in [-0.1, -0.05) is 12.1 Å². The minimum Gasteiger partial charge on any atom is -0.395 e. The maximum atomic E-state index is 13.1. The predicted molar refractivity (Wildman–Crippen MR) is 97.7 cm³/mol. The Morgan fingerprint density at radius 2 is 1.88 bits per heavy atom. The number of aliphatic hydroxyl groups is 1. The van der Waals surface area contributed by atoms with Gasteiger partial charge in [0.15, 0.2) is 0 Å². The molecule has 1 aliphatic heterocycles. The summed E-state index contributed by atoms with van der Waals surface area (Å²) in [6.45, 7) is 4.04. The van der Waals surface area contributed by atoms with E-state index in [2.05, 4.69) is 29.0 Å². The van der Waals surface area contributed by atoms with Crippen LogP contribution in [0.25, 0.3) is 10.4 Å². The zero-order valence-corrected chi connectivity index (χ0v) is 14.9. The third-order valence-corrected chi connectivity index (χ3v) is 5.86. The van der Waals surface area contributed by atoms with Crippen molar-refractivity contribution in [3.63, 3.8) is 0 Å². The van der Waals surface area contributed by atoms with Crippen molar-refractivity contribution in [1.29, 1.82) is 0 Å². The van der Waals surface area contributed by atoms with E-state index in [1.54, 1.807) is 11.3 Å². The van der Waals surface area contributed by atoms with Crippen LogP contribution in [0.2, 0.25) is 0 Å². The molecule has 1 aliphatic rings. The molecule has 1 fully saturated rings. The van der Waals surface area contributed by atoms with Gasteiger partial charge in [-0.15, -0.1) is 11.3 Å². The SMILES string of the molecule is CN1CCC(N(CCO)Cc2ccc(-c3ccc(F)cc3)s2)CC1. The number of thiophene rings is 1. The molecule has 0 spiro atoms. The molecule has 0 bridgehead atoms. The molecule has 1 aromatic carbocycles. The van der Waals surface area contributed by atoms with Crippen LogP contribution < -0.4 is 0 Å². The van der Waals surface area contributed by atoms with Crippen LogP contribution in [-0.4, -0.2) is 54.2 Å². The van der Waals surface area contributed by atoms with Crippen LogP contribution in [0.1, 0.15) is 17.7 Å². The molecule has 1 saturated heterocycles. The second-order valence-electron chi connectivity index (χ2n) is 6.50. The normalized spacial score (nSPS) is 16.8. The number of piperidine rings is 1. The average Bonchev–Trinajstić information content (AvgIpc) is 3.04. The third-order valence-electron chi connectivity index (χ3n) is 4.74. The van der Waals surface area contributed by atoms with E-state index in [0.717, 1.165) is 49.5 Å². The number of aliphatic hydroxyl groups excluding tert-OH is 1. The van der Waals surface area contributed by atoms with Gasteiger partial charge in [0, 0.05) is 28.9 Å². The van der Waals surface area contributed by atoms with Crippen molar-refractivity contribution in [3.05, 3.63) is 47.1 Å². The minimum atomic E-state index is -0.202. The molecule has 0 saturated carbocycles. The van der Waals surface area contributed by atoms with E-state index in [0.29, 0.717) is 6.04 Å². The Morgan fingerprint density at radius 1 is 1.17 bits per heavy atom. The van der Waals surface area contributed by atoms with Crippen LogP contribution in [0.3, 0.4) is 0 Å². The zero-order chi connectivity index (χ0) is 16.9. The highest BCUT2D eigenvalue weighted by Crippen LogP contribution is 2.30. The minimum absolute atomic E-state index is 0.197. The Kier molecular flexibility index (Phi) is 6.00. The molecule has 24 heavy (non-hydrogen) atoms. The predicted octanol–water partition coefficient (Wildman–Crippen LogP) is 3.44. The summed E-state index contributed by atoms with van der Waals surface area (Å²) in [6, 6.07) is 11.5. The Morgan fingerprint density at radius 3 is 2.54 bits per heavy atom. The summed E-state index contributed by atoms with van der Waals surface area (Å²) in [5, 5.41) is 9.42. The fourth-order valence-corrected chi connectivity index (χ4v) is 4.35. The van der Waals surface area contributed by atoms with Crippen LogP contribution in [0.5, 0.6) is 0 Å². The molecule has 0 amide bonds. The zero-order valence-electron chi connectivity index (χ0n) is 14.1. The average molecular weight is 348 g/mol. The van der Waals surface area contributed by atoms with Crippen molar-refractivity contribution in [2.75, 3.05) is 33.3 Å². The largest absolute Gasteiger partial charge is 0.395 e. The van der Waals surface area contributed by atoms with Crippen LogP contribution in [-0.2, 0) is 6.54 Å². The van der Waals surface area contributed by atoms with Crippen molar-refractivity contribution < 1.29 is 9.50 Å². The Labute approximate surface area is 147 Å². The maximum absolute atomic E-state index is 13.1. The molecule has 5 heteroatoms. The van der Waals surface area contributed by atoms with Crippen LogP contribution in [0, 0.1) is 5.82 Å². The summed E-state index contributed by atoms with van der Waals surface area (Å²) in [4.78, 5) is 7.23. The molecule has 0 unspecified atom stereocenters. The van der Waals surface area contributed by atoms with Crippen molar-refractivity contribution >= 4 is 11.3 Å². The van der Waals surface area contributed by atoms with E-state index >= 15 is 0 Å². The lowest BCUT2D eigenvalue weighted by Crippen LogP contribution is -2.44. The van der Waals surface area contributed by atoms with E-state index in [4.69, 9.17) is 0 Å². The molecular formula is C19H25FN2OS. The summed E-state index contributed by atoms with van der Waals surface area (Å²) in [7, 11) is 2.17. The van der Waals surface area contributed by atoms with E-state index < -0.39 is 0 Å². The highest BCUT2D eigenvalue weighted by Gasteiger charge is 2.23. The van der Waals surface area contributed by atoms with Crippen LogP contribution in [0.4, 0.5) is 4.39 Å². The first kappa shape index (κ1) is 17.5. The lowest BCUT2D eigenvalue weighted by molar-refractivity contribution is 0.0950. The lowest BCUT2D eigenvalue weighted by atomic mass is 10.0. The van der Waals surface area contributed by atoms with Gasteiger partial charge >= 0.3 is 0 Å². The van der Waals surface area contributed by atoms with Gasteiger partial charge in [0.1, 0.15) is 5.82 Å². The van der Waals surface area contributed by atoms with E-state index in [1.165, 1.54) is 17.0 Å². The quantitative estimate of drug-likeness (QED) is 0.866. The number of nitrogens with zero attached hydrogens (tertiary/aromatic N) is 2. The van der Waals surface area contributed by atoms with Crippen molar-refractivity contribution in [2.45, 2.75) is 25.4 Å². The summed E-state index contributed by atoms with van der Waals surface area (Å²) in [5.41, 5.74) is 1.06. The molecule has 2 heterocycles. The summed E-state index contributed by atoms with van der Waals surface area (Å²) in [5.74, 6) is -0.202. The van der Waals surface area contributed by atoms with Crippen LogP contribution in [0.15, 0.2) is 36.4 Å². The number of hydrogen-bond donors (Lipinski definition) is 1. The summed E-state index contributed by atoms with van der Waals surface area (Å²) in [6.07, 6.45) is 2.32. The standard InChI is InChI=1S/C19H25FN2OS/c1-21-10-8-17(9-11-21)22(12-13-23)14-18-6-7-19(24-18)15-2-4-16(20)5-3-15/h2-7,17,23H,8-14H2,1H3. The molecule has 3 nitrogen and oxygen atoms in total. The van der Waals surface area contributed by atoms with Crippen molar-refractivity contribution in [2.24, 2.45) is 0 Å². The highest BCUT2D eigenvalue weighted by atomic mass is 32.1. The topological polar surface area (TPSA) is 26.7 Å². The second-order valence-corrected chi connectivity index (χ2v) is 7.67. The van der Waals surface area contributed by atoms with E-state index in [-0.39, 0.29) is 12.4 Å². The molecule has 3 rings (SSSR count). The van der Waals surface area contributed by atoms with Gasteiger partial charge in [0.05, 0.1) is 6.61 Å². The molecular weight excluding hydrogens is 323 g/mol. The highest BCUT2D eigenvalue weighted by molar-refractivity contribution is 7.15. The Hall–Kier alpha value is -1.27. The van der Waals surface area contributed by atoms with Gasteiger partial charge in [-0.05, 0) is 62.8 Å². The van der Waals surface area contributed by atoms with E-state index in [1.807, 2.05) is 12.1 Å². The Bertz CT molecular complexity index is 635. The van der Waals surface area contributed by atoms with Gasteiger partial charge in [0.2, 0.25) is 0 Å². The first-order valence-electron chi connectivity index (χ1n) is 8.54. The molecule has 1 N–H and O–H groups in total. The number of rotatable bonds is 6. The summed E-state index contributed by atoms with van der Waals surface area (Å²) < 4.78 is 13.1. The molecule has 0 aliphatic carbocycles. The first-order valence-corrected chi connectivity index (χ1v) is 9.35. The number of likely N-dealkylation sites (tertiary alicyclic amines) is 1. The monoisotopic (exact) mass is 348 g/mol. The number of halogens is 1. The fraction of sp³-hybridized carbons (Fsp3) is 0.474. The Balaban J connectivity index is 1.68. The van der Waals surface area contributed by atoms with Crippen LogP contribution >= 0.6 is 11.3 Å².